The number of aliphatic hydroxyl groups excluding tert-OH is 1. The first-order chi connectivity index (χ1) is 17.6. The van der Waals surface area contributed by atoms with E-state index in [1.165, 1.54) is 7.11 Å². The molecule has 2 atom stereocenters. The number of likely N-dealkylation sites (tertiary alicyclic amines) is 1. The molecule has 182 valence electrons. The van der Waals surface area contributed by atoms with Crippen LogP contribution in [0.4, 0.5) is 0 Å². The molecule has 1 amide bonds. The van der Waals surface area contributed by atoms with E-state index in [4.69, 9.17) is 9.36 Å². The Morgan fingerprint density at radius 2 is 1.72 bits per heavy atom. The van der Waals surface area contributed by atoms with Crippen LogP contribution in [0, 0.1) is 0 Å². The third-order valence-corrected chi connectivity index (χ3v) is 6.21. The molecule has 3 aromatic carbocycles. The van der Waals surface area contributed by atoms with Gasteiger partial charge in [-0.1, -0.05) is 83.1 Å². The number of oxime groups is 1. The van der Waals surface area contributed by atoms with Gasteiger partial charge in [0.05, 0.1) is 24.8 Å². The number of nitrogens with zero attached hydrogens (tertiary/aromatic N) is 4. The maximum absolute atomic E-state index is 13.5. The van der Waals surface area contributed by atoms with E-state index in [1.807, 2.05) is 84.9 Å². The third-order valence-electron chi connectivity index (χ3n) is 6.21. The van der Waals surface area contributed by atoms with Gasteiger partial charge in [0.25, 0.3) is 5.91 Å². The van der Waals surface area contributed by atoms with Crippen molar-refractivity contribution in [3.05, 3.63) is 108 Å². The van der Waals surface area contributed by atoms with Gasteiger partial charge in [0, 0.05) is 12.0 Å². The molecule has 2 heterocycles. The van der Waals surface area contributed by atoms with Gasteiger partial charge in [0.2, 0.25) is 5.89 Å². The second kappa shape index (κ2) is 10.5. The number of benzene rings is 3. The second-order valence-corrected chi connectivity index (χ2v) is 8.61. The van der Waals surface area contributed by atoms with Gasteiger partial charge in [-0.2, -0.15) is 4.98 Å². The zero-order valence-corrected chi connectivity index (χ0v) is 19.8. The van der Waals surface area contributed by atoms with Crippen LogP contribution in [0.15, 0.2) is 94.6 Å². The molecular formula is C28H26N4O4. The highest BCUT2D eigenvalue weighted by atomic mass is 16.6. The SMILES string of the molecule is CON=C1CC(c2noc(C[C@H](O)c3ccccc3)n2)N(C(=O)c2ccc(-c3ccccc3)cc2)C1. The molecule has 0 aliphatic carbocycles. The van der Waals surface area contributed by atoms with Crippen LogP contribution >= 0.6 is 0 Å². The average molecular weight is 483 g/mol. The summed E-state index contributed by atoms with van der Waals surface area (Å²) in [6, 6.07) is 26.4. The summed E-state index contributed by atoms with van der Waals surface area (Å²) in [4.78, 5) is 24.7. The van der Waals surface area contributed by atoms with Crippen molar-refractivity contribution in [1.29, 1.82) is 0 Å². The van der Waals surface area contributed by atoms with Crippen molar-refractivity contribution in [2.24, 2.45) is 5.16 Å². The van der Waals surface area contributed by atoms with Crippen molar-refractivity contribution in [1.82, 2.24) is 15.0 Å². The Morgan fingerprint density at radius 1 is 1.06 bits per heavy atom. The van der Waals surface area contributed by atoms with Gasteiger partial charge in [-0.15, -0.1) is 0 Å². The van der Waals surface area contributed by atoms with Crippen LogP contribution in [0.5, 0.6) is 0 Å². The zero-order valence-electron chi connectivity index (χ0n) is 19.8. The Balaban J connectivity index is 1.35. The minimum Gasteiger partial charge on any atom is -0.399 e. The fraction of sp³-hybridized carbons (Fsp3) is 0.214. The lowest BCUT2D eigenvalue weighted by Gasteiger charge is -2.21. The Labute approximate surface area is 208 Å². The van der Waals surface area contributed by atoms with Crippen LogP contribution in [0.25, 0.3) is 11.1 Å². The standard InChI is InChI=1S/C28H26N4O4/c1-35-30-23-16-24(27-29-26(36-31-27)17-25(33)21-10-6-3-7-11-21)32(18-23)28(34)22-14-12-20(13-15-22)19-8-4-2-5-9-19/h2-15,24-25,33H,16-18H2,1H3/t24?,25-/m0/s1. The van der Waals surface area contributed by atoms with Crippen LogP contribution in [-0.2, 0) is 11.3 Å². The maximum Gasteiger partial charge on any atom is 0.254 e. The molecule has 1 N–H and O–H groups in total. The monoisotopic (exact) mass is 482 g/mol. The normalized spacial score (nSPS) is 17.3. The molecule has 0 bridgehead atoms. The third kappa shape index (κ3) is 5.04. The fourth-order valence-corrected chi connectivity index (χ4v) is 4.39. The molecule has 1 aliphatic heterocycles. The molecule has 1 saturated heterocycles. The van der Waals surface area contributed by atoms with E-state index in [9.17, 15) is 9.90 Å². The summed E-state index contributed by atoms with van der Waals surface area (Å²) < 4.78 is 5.43. The van der Waals surface area contributed by atoms with Gasteiger partial charge in [0.15, 0.2) is 5.82 Å². The molecule has 5 rings (SSSR count). The first-order valence-corrected chi connectivity index (χ1v) is 11.7. The highest BCUT2D eigenvalue weighted by Gasteiger charge is 2.38. The van der Waals surface area contributed by atoms with Crippen LogP contribution < -0.4 is 0 Å². The van der Waals surface area contributed by atoms with E-state index in [-0.39, 0.29) is 12.3 Å². The van der Waals surface area contributed by atoms with E-state index in [1.54, 1.807) is 4.90 Å². The zero-order chi connectivity index (χ0) is 24.9. The fourth-order valence-electron chi connectivity index (χ4n) is 4.39. The number of carbonyl (C=O) groups is 1. The highest BCUT2D eigenvalue weighted by Crippen LogP contribution is 2.31. The molecule has 1 fully saturated rings. The summed E-state index contributed by atoms with van der Waals surface area (Å²) in [5, 5.41) is 18.7. The minimum atomic E-state index is -0.769. The van der Waals surface area contributed by atoms with E-state index in [2.05, 4.69) is 15.3 Å². The van der Waals surface area contributed by atoms with Crippen molar-refractivity contribution in [3.63, 3.8) is 0 Å². The Hall–Kier alpha value is -4.30. The van der Waals surface area contributed by atoms with Crippen molar-refractivity contribution in [3.8, 4) is 11.1 Å². The number of rotatable bonds is 7. The van der Waals surface area contributed by atoms with E-state index >= 15 is 0 Å². The van der Waals surface area contributed by atoms with E-state index < -0.39 is 12.1 Å². The molecule has 4 aromatic rings. The lowest BCUT2D eigenvalue weighted by Crippen LogP contribution is -2.31. The van der Waals surface area contributed by atoms with Gasteiger partial charge in [-0.3, -0.25) is 4.79 Å². The lowest BCUT2D eigenvalue weighted by atomic mass is 10.0. The second-order valence-electron chi connectivity index (χ2n) is 8.61. The van der Waals surface area contributed by atoms with Crippen molar-refractivity contribution in [2.45, 2.75) is 25.0 Å². The summed E-state index contributed by atoms with van der Waals surface area (Å²) in [5.41, 5.74) is 4.16. The first kappa shape index (κ1) is 23.4. The summed E-state index contributed by atoms with van der Waals surface area (Å²) in [6.07, 6.45) is -0.158. The van der Waals surface area contributed by atoms with Crippen LogP contribution in [-0.4, -0.2) is 45.4 Å². The molecule has 1 aromatic heterocycles. The molecule has 0 spiro atoms. The number of hydrogen-bond donors (Lipinski definition) is 1. The van der Waals surface area contributed by atoms with Crippen LogP contribution in [0.2, 0.25) is 0 Å². The molecule has 36 heavy (non-hydrogen) atoms. The Kier molecular flexibility index (Phi) is 6.86. The Morgan fingerprint density at radius 3 is 2.42 bits per heavy atom. The molecule has 1 unspecified atom stereocenters. The number of aliphatic hydroxyl groups is 1. The topological polar surface area (TPSA) is 101 Å². The summed E-state index contributed by atoms with van der Waals surface area (Å²) in [6.45, 7) is 0.300. The molecule has 8 nitrogen and oxygen atoms in total. The predicted molar refractivity (Wildman–Crippen MR) is 134 cm³/mol. The summed E-state index contributed by atoms with van der Waals surface area (Å²) in [5.74, 6) is 0.524. The number of amides is 1. The van der Waals surface area contributed by atoms with E-state index in [0.717, 1.165) is 16.7 Å². The Bertz CT molecular complexity index is 1340. The van der Waals surface area contributed by atoms with Gasteiger partial charge in [-0.05, 0) is 28.8 Å². The number of carbonyl (C=O) groups excluding carboxylic acids is 1. The number of aromatic nitrogens is 2. The summed E-state index contributed by atoms with van der Waals surface area (Å²) >= 11 is 0. The first-order valence-electron chi connectivity index (χ1n) is 11.7. The molecular weight excluding hydrogens is 456 g/mol. The van der Waals surface area contributed by atoms with Crippen molar-refractivity contribution < 1.29 is 19.3 Å². The van der Waals surface area contributed by atoms with Crippen molar-refractivity contribution >= 4 is 11.6 Å². The van der Waals surface area contributed by atoms with Crippen molar-refractivity contribution in [2.75, 3.05) is 13.7 Å². The largest absolute Gasteiger partial charge is 0.399 e. The average Bonchev–Trinajstić information content (AvgIpc) is 3.57. The van der Waals surface area contributed by atoms with Gasteiger partial charge in [0.1, 0.15) is 13.2 Å². The lowest BCUT2D eigenvalue weighted by molar-refractivity contribution is 0.0732. The molecule has 1 aliphatic rings. The predicted octanol–water partition coefficient (Wildman–Crippen LogP) is 4.60. The maximum atomic E-state index is 13.5. The van der Waals surface area contributed by atoms with Crippen LogP contribution in [0.1, 0.15) is 46.2 Å². The van der Waals surface area contributed by atoms with Gasteiger partial charge >= 0.3 is 0 Å². The molecule has 0 radical (unpaired) electrons. The smallest absolute Gasteiger partial charge is 0.254 e. The molecule has 0 saturated carbocycles. The highest BCUT2D eigenvalue weighted by molar-refractivity contribution is 6.00. The number of hydrogen-bond acceptors (Lipinski definition) is 7. The van der Waals surface area contributed by atoms with E-state index in [0.29, 0.717) is 36.0 Å². The minimum absolute atomic E-state index is 0.156. The molecule has 8 heteroatoms. The van der Waals surface area contributed by atoms with Gasteiger partial charge in [-0.25, -0.2) is 0 Å². The van der Waals surface area contributed by atoms with Crippen LogP contribution in [0.3, 0.4) is 0 Å². The quantitative estimate of drug-likeness (QED) is 0.386. The van der Waals surface area contributed by atoms with Gasteiger partial charge < -0.3 is 19.4 Å². The summed E-state index contributed by atoms with van der Waals surface area (Å²) in [7, 11) is 1.48.